The van der Waals surface area contributed by atoms with Crippen LogP contribution in [-0.2, 0) is 22.5 Å². The number of halogens is 2. The molecule has 3 aromatic rings. The summed E-state index contributed by atoms with van der Waals surface area (Å²) >= 11 is 14.1. The van der Waals surface area contributed by atoms with E-state index >= 15 is 0 Å². The third-order valence-corrected chi connectivity index (χ3v) is 5.93. The Morgan fingerprint density at radius 3 is 2.56 bits per heavy atom. The summed E-state index contributed by atoms with van der Waals surface area (Å²) in [5, 5.41) is 1.17. The largest absolute Gasteiger partial charge is 0.380 e. The number of amides is 1. The minimum absolute atomic E-state index is 0.206. The second-order valence-corrected chi connectivity index (χ2v) is 7.90. The van der Waals surface area contributed by atoms with Gasteiger partial charge >= 0.3 is 0 Å². The molecule has 142 valence electrons. The maximum Gasteiger partial charge on any atom is 0.252 e. The Hall–Kier alpha value is -1.66. The summed E-state index contributed by atoms with van der Waals surface area (Å²) in [6, 6.07) is 11.4. The van der Waals surface area contributed by atoms with E-state index in [1.807, 2.05) is 42.7 Å². The van der Waals surface area contributed by atoms with Gasteiger partial charge in [-0.05, 0) is 31.5 Å². The molecule has 0 atom stereocenters. The van der Waals surface area contributed by atoms with Crippen LogP contribution < -0.4 is 4.80 Å². The number of hydrogen-bond donors (Lipinski definition) is 0. The molecule has 0 fully saturated rings. The molecule has 7 heteroatoms. The molecule has 4 nitrogen and oxygen atoms in total. The molecule has 0 bridgehead atoms. The van der Waals surface area contributed by atoms with Gasteiger partial charge in [-0.2, -0.15) is 4.99 Å². The number of thiazole rings is 1. The molecule has 0 aliphatic heterocycles. The van der Waals surface area contributed by atoms with E-state index in [1.54, 1.807) is 12.1 Å². The van der Waals surface area contributed by atoms with Gasteiger partial charge in [0.2, 0.25) is 0 Å². The molecule has 1 amide bonds. The second kappa shape index (κ2) is 9.02. The predicted octanol–water partition coefficient (Wildman–Crippen LogP) is 5.02. The standard InChI is InChI=1S/C20H20Cl2N2O2S/c1-3-26-11-10-24-18-15(21)8-9-16(22)19(18)27-20(24)23-17(25)12-14-6-4-13(2)5-7-14/h4-9H,3,10-12H2,1-2H3. The van der Waals surface area contributed by atoms with Crippen LogP contribution in [0.5, 0.6) is 0 Å². The SMILES string of the molecule is CCOCCn1c(=NC(=O)Cc2ccc(C)cc2)sc2c(Cl)ccc(Cl)c21. The first-order chi connectivity index (χ1) is 13.0. The molecule has 0 saturated heterocycles. The van der Waals surface area contributed by atoms with Gasteiger partial charge in [-0.25, -0.2) is 0 Å². The first-order valence-corrected chi connectivity index (χ1v) is 10.2. The summed E-state index contributed by atoms with van der Waals surface area (Å²) in [7, 11) is 0. The van der Waals surface area contributed by atoms with Crippen LogP contribution in [0.4, 0.5) is 0 Å². The summed E-state index contributed by atoms with van der Waals surface area (Å²) in [5.74, 6) is -0.206. The van der Waals surface area contributed by atoms with Crippen LogP contribution in [0.3, 0.4) is 0 Å². The van der Waals surface area contributed by atoms with Crippen LogP contribution in [-0.4, -0.2) is 23.7 Å². The number of nitrogens with zero attached hydrogens (tertiary/aromatic N) is 2. The van der Waals surface area contributed by atoms with Crippen molar-refractivity contribution in [2.24, 2.45) is 4.99 Å². The van der Waals surface area contributed by atoms with Gasteiger partial charge in [0.05, 0.1) is 33.3 Å². The molecule has 3 rings (SSSR count). The fourth-order valence-corrected chi connectivity index (χ4v) is 4.42. The Kier molecular flexibility index (Phi) is 6.71. The molecule has 0 saturated carbocycles. The number of benzene rings is 2. The van der Waals surface area contributed by atoms with Gasteiger partial charge in [0.25, 0.3) is 5.91 Å². The maximum atomic E-state index is 12.5. The van der Waals surface area contributed by atoms with Gasteiger partial charge in [0.15, 0.2) is 4.80 Å². The van der Waals surface area contributed by atoms with Gasteiger partial charge in [-0.15, -0.1) is 0 Å². The van der Waals surface area contributed by atoms with Crippen molar-refractivity contribution in [2.45, 2.75) is 26.8 Å². The summed E-state index contributed by atoms with van der Waals surface area (Å²) < 4.78 is 8.21. The number of carbonyl (C=O) groups is 1. The van der Waals surface area contributed by atoms with Crippen molar-refractivity contribution in [3.8, 4) is 0 Å². The van der Waals surface area contributed by atoms with Gasteiger partial charge in [-0.3, -0.25) is 4.79 Å². The normalized spacial score (nSPS) is 12.1. The highest BCUT2D eigenvalue weighted by Gasteiger charge is 2.14. The minimum Gasteiger partial charge on any atom is -0.380 e. The average Bonchev–Trinajstić information content (AvgIpc) is 3.00. The van der Waals surface area contributed by atoms with Crippen LogP contribution in [0.15, 0.2) is 41.4 Å². The molecule has 0 aliphatic rings. The first-order valence-electron chi connectivity index (χ1n) is 8.67. The van der Waals surface area contributed by atoms with E-state index in [2.05, 4.69) is 4.99 Å². The molecule has 0 radical (unpaired) electrons. The lowest BCUT2D eigenvalue weighted by molar-refractivity contribution is -0.117. The number of ether oxygens (including phenoxy) is 1. The van der Waals surface area contributed by atoms with Gasteiger partial charge in [0.1, 0.15) is 0 Å². The number of rotatable bonds is 6. The van der Waals surface area contributed by atoms with Crippen molar-refractivity contribution in [3.63, 3.8) is 0 Å². The Morgan fingerprint density at radius 2 is 1.85 bits per heavy atom. The van der Waals surface area contributed by atoms with Crippen LogP contribution in [0.25, 0.3) is 10.2 Å². The maximum absolute atomic E-state index is 12.5. The molecule has 0 unspecified atom stereocenters. The molecule has 27 heavy (non-hydrogen) atoms. The van der Waals surface area contributed by atoms with Crippen LogP contribution in [0.2, 0.25) is 10.0 Å². The molecular formula is C20H20Cl2N2O2S. The van der Waals surface area contributed by atoms with E-state index in [-0.39, 0.29) is 12.3 Å². The molecular weight excluding hydrogens is 403 g/mol. The molecule has 1 aromatic heterocycles. The number of fused-ring (bicyclic) bond motifs is 1. The Balaban J connectivity index is 2.00. The lowest BCUT2D eigenvalue weighted by Crippen LogP contribution is -2.20. The van der Waals surface area contributed by atoms with Gasteiger partial charge in [0, 0.05) is 13.2 Å². The number of hydrogen-bond acceptors (Lipinski definition) is 3. The van der Waals surface area contributed by atoms with Crippen molar-refractivity contribution < 1.29 is 9.53 Å². The van der Waals surface area contributed by atoms with E-state index in [0.717, 1.165) is 21.3 Å². The number of carbonyl (C=O) groups excluding carboxylic acids is 1. The van der Waals surface area contributed by atoms with E-state index < -0.39 is 0 Å². The lowest BCUT2D eigenvalue weighted by Gasteiger charge is -2.07. The van der Waals surface area contributed by atoms with E-state index in [1.165, 1.54) is 11.3 Å². The third kappa shape index (κ3) is 4.79. The zero-order chi connectivity index (χ0) is 19.4. The third-order valence-electron chi connectivity index (χ3n) is 4.09. The minimum atomic E-state index is -0.206. The van der Waals surface area contributed by atoms with Crippen molar-refractivity contribution in [1.82, 2.24) is 4.57 Å². The van der Waals surface area contributed by atoms with Crippen molar-refractivity contribution in [3.05, 3.63) is 62.4 Å². The summed E-state index contributed by atoms with van der Waals surface area (Å²) in [4.78, 5) is 17.5. The summed E-state index contributed by atoms with van der Waals surface area (Å²) in [6.45, 7) is 5.63. The molecule has 0 aliphatic carbocycles. The Bertz CT molecular complexity index is 1020. The first kappa shape index (κ1) is 20.1. The van der Waals surface area contributed by atoms with Crippen molar-refractivity contribution >= 4 is 50.7 Å². The van der Waals surface area contributed by atoms with Crippen molar-refractivity contribution in [1.29, 1.82) is 0 Å². The molecule has 1 heterocycles. The number of aromatic nitrogens is 1. The fourth-order valence-electron chi connectivity index (χ4n) is 2.73. The average molecular weight is 423 g/mol. The highest BCUT2D eigenvalue weighted by Crippen LogP contribution is 2.31. The van der Waals surface area contributed by atoms with Gasteiger partial charge in [-0.1, -0.05) is 64.4 Å². The zero-order valence-corrected chi connectivity index (χ0v) is 17.5. The highest BCUT2D eigenvalue weighted by atomic mass is 35.5. The second-order valence-electron chi connectivity index (χ2n) is 6.11. The highest BCUT2D eigenvalue weighted by molar-refractivity contribution is 7.17. The van der Waals surface area contributed by atoms with E-state index in [9.17, 15) is 4.79 Å². The molecule has 0 spiro atoms. The van der Waals surface area contributed by atoms with E-state index in [4.69, 9.17) is 27.9 Å². The predicted molar refractivity (Wildman–Crippen MR) is 112 cm³/mol. The lowest BCUT2D eigenvalue weighted by atomic mass is 10.1. The quantitative estimate of drug-likeness (QED) is 0.523. The Morgan fingerprint density at radius 1 is 1.15 bits per heavy atom. The summed E-state index contributed by atoms with van der Waals surface area (Å²) in [6.07, 6.45) is 0.251. The van der Waals surface area contributed by atoms with Crippen LogP contribution in [0, 0.1) is 6.92 Å². The molecule has 0 N–H and O–H groups in total. The number of aryl methyl sites for hydroxylation is 1. The van der Waals surface area contributed by atoms with Crippen molar-refractivity contribution in [2.75, 3.05) is 13.2 Å². The zero-order valence-electron chi connectivity index (χ0n) is 15.2. The smallest absolute Gasteiger partial charge is 0.252 e. The molecule has 2 aromatic carbocycles. The van der Waals surface area contributed by atoms with Crippen LogP contribution >= 0.6 is 34.5 Å². The fraction of sp³-hybridized carbons (Fsp3) is 0.300. The Labute approximate surface area is 172 Å². The van der Waals surface area contributed by atoms with Crippen LogP contribution in [0.1, 0.15) is 18.1 Å². The summed E-state index contributed by atoms with van der Waals surface area (Å²) in [5.41, 5.74) is 2.88. The van der Waals surface area contributed by atoms with E-state index in [0.29, 0.717) is 34.6 Å². The topological polar surface area (TPSA) is 43.6 Å². The monoisotopic (exact) mass is 422 g/mol. The van der Waals surface area contributed by atoms with Gasteiger partial charge < -0.3 is 9.30 Å².